The lowest BCUT2D eigenvalue weighted by atomic mass is 9.85. The summed E-state index contributed by atoms with van der Waals surface area (Å²) < 4.78 is 456. The molecule has 0 aliphatic heterocycles. The molecule has 58 heavy (non-hydrogen) atoms. The predicted octanol–water partition coefficient (Wildman–Crippen LogP) is 14.1. The van der Waals surface area contributed by atoms with Crippen LogP contribution in [-0.4, -0.2) is 83.4 Å². The summed E-state index contributed by atoms with van der Waals surface area (Å²) in [5.74, 6) is -123. The molecule has 0 aliphatic rings. The molecule has 0 aliphatic carbocycles. The van der Waals surface area contributed by atoms with Gasteiger partial charge in [-0.1, -0.05) is 31.9 Å². The SMILES string of the molecule is FC(F)(F)C(F)(F)C(F)(F)C(F)(F)C(F)(F)C(F)(F)C(F)(F)C(F)(F)c1cc(Br)c(C(F)(F)C(F)(F)C(F)(F)C(F)(F)C(F)(F)C(F)(F)C(F)(F)C(F)(F)F)cc1Br. The molecule has 36 heteroatoms. The van der Waals surface area contributed by atoms with Gasteiger partial charge in [-0.2, -0.15) is 149 Å². The van der Waals surface area contributed by atoms with Crippen LogP contribution < -0.4 is 0 Å². The van der Waals surface area contributed by atoms with Gasteiger partial charge >= 0.3 is 95.3 Å². The van der Waals surface area contributed by atoms with Crippen molar-refractivity contribution in [2.24, 2.45) is 0 Å². The molecule has 0 aromatic heterocycles. The van der Waals surface area contributed by atoms with Crippen LogP contribution in [0.5, 0.6) is 0 Å². The van der Waals surface area contributed by atoms with Gasteiger partial charge in [-0.25, -0.2) is 0 Å². The second kappa shape index (κ2) is 13.6. The topological polar surface area (TPSA) is 0 Å². The number of hydrogen-bond acceptors (Lipinski definition) is 0. The van der Waals surface area contributed by atoms with Crippen molar-refractivity contribution in [1.82, 2.24) is 0 Å². The van der Waals surface area contributed by atoms with Gasteiger partial charge in [0.05, 0.1) is 0 Å². The smallest absolute Gasteiger partial charge is 0.194 e. The summed E-state index contributed by atoms with van der Waals surface area (Å²) in [7, 11) is 0. The number of halogens is 36. The normalized spacial score (nSPS) is 16.6. The molecule has 1 rings (SSSR count). The van der Waals surface area contributed by atoms with E-state index in [0.29, 0.717) is 0 Å². The first-order chi connectivity index (χ1) is 24.5. The summed E-state index contributed by atoms with van der Waals surface area (Å²) in [5.41, 5.74) is -7.23. The summed E-state index contributed by atoms with van der Waals surface area (Å²) in [6, 6.07) is -3.34. The minimum Gasteiger partial charge on any atom is -0.194 e. The van der Waals surface area contributed by atoms with Crippen LogP contribution in [0.25, 0.3) is 0 Å². The molecular formula is C22H2Br2F34. The van der Waals surface area contributed by atoms with Gasteiger partial charge in [0.2, 0.25) is 0 Å². The van der Waals surface area contributed by atoms with Crippen LogP contribution in [0.2, 0.25) is 0 Å². The molecule has 1 aromatic rings. The van der Waals surface area contributed by atoms with Gasteiger partial charge in [0.1, 0.15) is 0 Å². The Morgan fingerprint density at radius 2 is 0.362 bits per heavy atom. The van der Waals surface area contributed by atoms with E-state index in [9.17, 15) is 149 Å². The largest absolute Gasteiger partial charge is 0.460 e. The molecule has 0 bridgehead atoms. The molecule has 0 nitrogen and oxygen atoms in total. The third kappa shape index (κ3) is 6.51. The van der Waals surface area contributed by atoms with Gasteiger partial charge in [0.25, 0.3) is 0 Å². The molecule has 0 N–H and O–H groups in total. The van der Waals surface area contributed by atoms with E-state index in [1.165, 1.54) is 31.9 Å². The third-order valence-corrected chi connectivity index (χ3v) is 8.49. The van der Waals surface area contributed by atoms with Crippen LogP contribution in [0.4, 0.5) is 149 Å². The van der Waals surface area contributed by atoms with Crippen LogP contribution >= 0.6 is 31.9 Å². The highest BCUT2D eigenvalue weighted by molar-refractivity contribution is 9.11. The zero-order valence-corrected chi connectivity index (χ0v) is 27.9. The molecule has 0 atom stereocenters. The van der Waals surface area contributed by atoms with E-state index < -0.39 is 127 Å². The molecule has 0 heterocycles. The molecule has 0 radical (unpaired) electrons. The van der Waals surface area contributed by atoms with Crippen molar-refractivity contribution >= 4 is 31.9 Å². The lowest BCUT2D eigenvalue weighted by Gasteiger charge is -2.43. The average molecular weight is 1070 g/mol. The molecule has 0 saturated heterocycles. The van der Waals surface area contributed by atoms with Crippen LogP contribution in [0.1, 0.15) is 11.1 Å². The van der Waals surface area contributed by atoms with Crippen molar-refractivity contribution in [2.45, 2.75) is 95.3 Å². The van der Waals surface area contributed by atoms with E-state index in [0.717, 1.165) is 0 Å². The Labute approximate surface area is 309 Å². The second-order valence-electron chi connectivity index (χ2n) is 10.8. The average Bonchev–Trinajstić information content (AvgIpc) is 2.99. The third-order valence-electron chi connectivity index (χ3n) is 7.18. The highest BCUT2D eigenvalue weighted by Gasteiger charge is 2.97. The van der Waals surface area contributed by atoms with Crippen molar-refractivity contribution in [3.05, 3.63) is 32.2 Å². The van der Waals surface area contributed by atoms with E-state index >= 15 is 0 Å². The summed E-state index contributed by atoms with van der Waals surface area (Å²) in [6.45, 7) is 0. The molecular weight excluding hydrogens is 1070 g/mol. The van der Waals surface area contributed by atoms with E-state index in [1.54, 1.807) is 0 Å². The standard InChI is InChI=1S/C22H2Br2F34/c23-5-1-3(7(25,26)9(29,30)11(33,34)13(37,38)15(41,42)17(45,46)19(49,50)21(53,54)55)6(24)2-4(5)8(27,28)10(31,32)12(35,36)14(39,40)16(43,44)18(47,48)20(51,52)22(56,57)58/h1-2H. The van der Waals surface area contributed by atoms with Crippen LogP contribution in [0.3, 0.4) is 0 Å². The summed E-state index contributed by atoms with van der Waals surface area (Å²) in [5, 5.41) is 0. The number of hydrogen-bond donors (Lipinski definition) is 0. The first kappa shape index (κ1) is 53.8. The van der Waals surface area contributed by atoms with Gasteiger partial charge in [-0.15, -0.1) is 0 Å². The Hall–Kier alpha value is -2.20. The molecule has 0 amide bonds. The Morgan fingerprint density at radius 1 is 0.224 bits per heavy atom. The Morgan fingerprint density at radius 3 is 0.517 bits per heavy atom. The van der Waals surface area contributed by atoms with E-state index in [-0.39, 0.29) is 0 Å². The summed E-state index contributed by atoms with van der Waals surface area (Å²) >= 11 is 2.42. The minimum absolute atomic E-state index is 1.21. The van der Waals surface area contributed by atoms with Gasteiger partial charge in [-0.05, 0) is 12.1 Å². The van der Waals surface area contributed by atoms with Crippen LogP contribution in [0.15, 0.2) is 21.1 Å². The van der Waals surface area contributed by atoms with Gasteiger partial charge < -0.3 is 0 Å². The van der Waals surface area contributed by atoms with E-state index in [4.69, 9.17) is 0 Å². The number of benzene rings is 1. The van der Waals surface area contributed by atoms with Crippen molar-refractivity contribution in [3.63, 3.8) is 0 Å². The van der Waals surface area contributed by atoms with E-state index in [1.807, 2.05) is 0 Å². The zero-order chi connectivity index (χ0) is 47.7. The monoisotopic (exact) mass is 1070 g/mol. The van der Waals surface area contributed by atoms with Crippen molar-refractivity contribution < 1.29 is 149 Å². The molecule has 342 valence electrons. The summed E-state index contributed by atoms with van der Waals surface area (Å²) in [6.07, 6.45) is -16.3. The maximum absolute atomic E-state index is 14.7. The maximum atomic E-state index is 14.7. The van der Waals surface area contributed by atoms with E-state index in [2.05, 4.69) is 0 Å². The molecule has 0 spiro atoms. The molecule has 1 aromatic carbocycles. The van der Waals surface area contributed by atoms with Gasteiger partial charge in [0, 0.05) is 20.1 Å². The Kier molecular flexibility index (Phi) is 12.7. The number of rotatable bonds is 14. The number of alkyl halides is 34. The lowest BCUT2D eigenvalue weighted by molar-refractivity contribution is -0.463. The van der Waals surface area contributed by atoms with Crippen molar-refractivity contribution in [1.29, 1.82) is 0 Å². The fourth-order valence-corrected chi connectivity index (χ4v) is 4.88. The van der Waals surface area contributed by atoms with Crippen LogP contribution in [-0.2, 0) is 11.8 Å². The molecule has 0 saturated carbocycles. The quantitative estimate of drug-likeness (QED) is 0.163. The Balaban J connectivity index is 4.06. The second-order valence-corrected chi connectivity index (χ2v) is 12.6. The Bertz CT molecular complexity index is 1570. The predicted molar refractivity (Wildman–Crippen MR) is 121 cm³/mol. The van der Waals surface area contributed by atoms with Crippen molar-refractivity contribution in [3.8, 4) is 0 Å². The molecule has 0 unspecified atom stereocenters. The van der Waals surface area contributed by atoms with Crippen molar-refractivity contribution in [2.75, 3.05) is 0 Å². The first-order valence-electron chi connectivity index (χ1n) is 12.5. The highest BCUT2D eigenvalue weighted by atomic mass is 79.9. The van der Waals surface area contributed by atoms with Crippen LogP contribution in [0, 0.1) is 0 Å². The van der Waals surface area contributed by atoms with Gasteiger partial charge in [-0.3, -0.25) is 0 Å². The van der Waals surface area contributed by atoms with Gasteiger partial charge in [0.15, 0.2) is 0 Å². The molecule has 0 fully saturated rings. The fraction of sp³-hybridized carbons (Fsp3) is 0.727. The first-order valence-corrected chi connectivity index (χ1v) is 14.0. The summed E-state index contributed by atoms with van der Waals surface area (Å²) in [4.78, 5) is 0. The minimum atomic E-state index is -9.26. The lowest BCUT2D eigenvalue weighted by Crippen LogP contribution is -2.74. The fourth-order valence-electron chi connectivity index (χ4n) is 3.69. The maximum Gasteiger partial charge on any atom is 0.460 e. The highest BCUT2D eigenvalue weighted by Crippen LogP contribution is 2.68. The zero-order valence-electron chi connectivity index (χ0n) is 24.8.